The van der Waals surface area contributed by atoms with E-state index >= 15 is 0 Å². The van der Waals surface area contributed by atoms with Crippen LogP contribution < -0.4 is 5.32 Å². The fourth-order valence-electron chi connectivity index (χ4n) is 6.64. The number of amides is 1. The van der Waals surface area contributed by atoms with Gasteiger partial charge < -0.3 is 20.3 Å². The molecular weight excluding hydrogens is 622 g/mol. The van der Waals surface area contributed by atoms with Crippen molar-refractivity contribution >= 4 is 11.9 Å². The lowest BCUT2D eigenvalue weighted by atomic mass is 10.0. The molecule has 2 unspecified atom stereocenters. The van der Waals surface area contributed by atoms with E-state index in [-0.39, 0.29) is 18.5 Å². The highest BCUT2D eigenvalue weighted by Crippen LogP contribution is 2.15. The Morgan fingerprint density at radius 1 is 0.540 bits per heavy atom. The van der Waals surface area contributed by atoms with Crippen molar-refractivity contribution < 1.29 is 24.5 Å². The van der Waals surface area contributed by atoms with Crippen molar-refractivity contribution in [3.63, 3.8) is 0 Å². The van der Waals surface area contributed by atoms with E-state index in [1.807, 2.05) is 0 Å². The predicted molar refractivity (Wildman–Crippen MR) is 213 cm³/mol. The van der Waals surface area contributed by atoms with Gasteiger partial charge in [-0.3, -0.25) is 9.59 Å². The van der Waals surface area contributed by atoms with Gasteiger partial charge in [-0.2, -0.15) is 0 Å². The third-order valence-corrected chi connectivity index (χ3v) is 10.1. The first-order chi connectivity index (χ1) is 24.5. The molecule has 0 bridgehead atoms. The zero-order valence-electron chi connectivity index (χ0n) is 33.4. The quantitative estimate of drug-likeness (QED) is 0.0335. The predicted octanol–water partition coefficient (Wildman–Crippen LogP) is 12.2. The van der Waals surface area contributed by atoms with E-state index in [0.29, 0.717) is 25.9 Å². The molecule has 3 N–H and O–H groups in total. The van der Waals surface area contributed by atoms with Crippen LogP contribution in [-0.4, -0.2) is 47.4 Å². The fraction of sp³-hybridized carbons (Fsp3) is 0.909. The SMILES string of the molecule is CCCCCCCCCCCCCCCCC(=O)OCCCCCC/C=C\CCCC(=O)NC(CO)C(O)CCCCCCCCCCCC. The Morgan fingerprint density at radius 2 is 0.960 bits per heavy atom. The number of aliphatic hydroxyl groups is 2. The number of carbonyl (C=O) groups excluding carboxylic acids is 2. The molecule has 6 heteroatoms. The summed E-state index contributed by atoms with van der Waals surface area (Å²) in [5.74, 6) is -0.132. The monoisotopic (exact) mass is 708 g/mol. The van der Waals surface area contributed by atoms with Gasteiger partial charge in [0.25, 0.3) is 0 Å². The summed E-state index contributed by atoms with van der Waals surface area (Å²) in [6.45, 7) is 4.84. The summed E-state index contributed by atoms with van der Waals surface area (Å²) in [6.07, 6.45) is 43.2. The van der Waals surface area contributed by atoms with Gasteiger partial charge in [0, 0.05) is 12.8 Å². The number of unbranched alkanes of at least 4 members (excludes halogenated alkanes) is 27. The van der Waals surface area contributed by atoms with Gasteiger partial charge in [0.15, 0.2) is 0 Å². The zero-order chi connectivity index (χ0) is 36.6. The molecule has 0 aliphatic rings. The van der Waals surface area contributed by atoms with Crippen LogP contribution in [0.4, 0.5) is 0 Å². The smallest absolute Gasteiger partial charge is 0.305 e. The Hall–Kier alpha value is -1.40. The molecule has 6 nitrogen and oxygen atoms in total. The molecule has 0 rings (SSSR count). The first kappa shape index (κ1) is 48.6. The van der Waals surface area contributed by atoms with Crippen LogP contribution in [0.15, 0.2) is 12.2 Å². The number of hydrogen-bond donors (Lipinski definition) is 3. The van der Waals surface area contributed by atoms with Gasteiger partial charge >= 0.3 is 5.97 Å². The second kappa shape index (κ2) is 40.4. The van der Waals surface area contributed by atoms with Crippen molar-refractivity contribution in [2.45, 2.75) is 244 Å². The number of nitrogens with one attached hydrogen (secondary N) is 1. The van der Waals surface area contributed by atoms with Gasteiger partial charge in [-0.05, 0) is 44.9 Å². The summed E-state index contributed by atoms with van der Waals surface area (Å²) in [5, 5.41) is 23.0. The molecule has 0 heterocycles. The molecule has 0 spiro atoms. The van der Waals surface area contributed by atoms with Crippen LogP contribution in [0.25, 0.3) is 0 Å². The molecular formula is C44H85NO5. The fourth-order valence-corrected chi connectivity index (χ4v) is 6.64. The number of rotatable bonds is 40. The van der Waals surface area contributed by atoms with Crippen molar-refractivity contribution in [3.8, 4) is 0 Å². The minimum Gasteiger partial charge on any atom is -0.466 e. The second-order valence-electron chi connectivity index (χ2n) is 15.0. The van der Waals surface area contributed by atoms with Gasteiger partial charge in [0.2, 0.25) is 5.91 Å². The minimum atomic E-state index is -0.691. The van der Waals surface area contributed by atoms with Crippen LogP contribution in [-0.2, 0) is 14.3 Å². The number of aliphatic hydroxyl groups excluding tert-OH is 2. The summed E-state index contributed by atoms with van der Waals surface area (Å²) >= 11 is 0. The van der Waals surface area contributed by atoms with Crippen LogP contribution in [0.3, 0.4) is 0 Å². The zero-order valence-corrected chi connectivity index (χ0v) is 33.4. The second-order valence-corrected chi connectivity index (χ2v) is 15.0. The molecule has 0 aliphatic heterocycles. The van der Waals surface area contributed by atoms with E-state index in [1.54, 1.807) is 0 Å². The normalized spacial score (nSPS) is 12.8. The van der Waals surface area contributed by atoms with Crippen molar-refractivity contribution in [1.29, 1.82) is 0 Å². The summed E-state index contributed by atoms with van der Waals surface area (Å²) < 4.78 is 5.42. The first-order valence-electron chi connectivity index (χ1n) is 21.9. The van der Waals surface area contributed by atoms with Gasteiger partial charge in [0.05, 0.1) is 25.4 Å². The summed E-state index contributed by atoms with van der Waals surface area (Å²) in [6, 6.07) is -0.575. The van der Waals surface area contributed by atoms with E-state index in [1.165, 1.54) is 128 Å². The van der Waals surface area contributed by atoms with Crippen LogP contribution in [0.1, 0.15) is 232 Å². The maximum absolute atomic E-state index is 12.3. The van der Waals surface area contributed by atoms with Crippen molar-refractivity contribution in [2.24, 2.45) is 0 Å². The number of hydrogen-bond acceptors (Lipinski definition) is 5. The van der Waals surface area contributed by atoms with Gasteiger partial charge in [-0.25, -0.2) is 0 Å². The summed E-state index contributed by atoms with van der Waals surface area (Å²) in [4.78, 5) is 24.3. The topological polar surface area (TPSA) is 95.9 Å². The highest BCUT2D eigenvalue weighted by Gasteiger charge is 2.19. The van der Waals surface area contributed by atoms with E-state index < -0.39 is 12.1 Å². The van der Waals surface area contributed by atoms with E-state index in [4.69, 9.17) is 4.74 Å². The molecule has 1 amide bonds. The molecule has 0 fully saturated rings. The Balaban J connectivity index is 3.53. The van der Waals surface area contributed by atoms with Crippen LogP contribution in [0.5, 0.6) is 0 Å². The van der Waals surface area contributed by atoms with Gasteiger partial charge in [-0.15, -0.1) is 0 Å². The lowest BCUT2D eigenvalue weighted by molar-refractivity contribution is -0.143. The van der Waals surface area contributed by atoms with Crippen molar-refractivity contribution in [2.75, 3.05) is 13.2 Å². The Morgan fingerprint density at radius 3 is 1.46 bits per heavy atom. The largest absolute Gasteiger partial charge is 0.466 e. The summed E-state index contributed by atoms with van der Waals surface area (Å²) in [5.41, 5.74) is 0. The number of ether oxygens (including phenoxy) is 1. The van der Waals surface area contributed by atoms with Crippen LogP contribution >= 0.6 is 0 Å². The maximum Gasteiger partial charge on any atom is 0.305 e. The maximum atomic E-state index is 12.3. The highest BCUT2D eigenvalue weighted by molar-refractivity contribution is 5.76. The minimum absolute atomic E-state index is 0.0343. The molecule has 0 saturated heterocycles. The molecule has 0 saturated carbocycles. The molecule has 0 radical (unpaired) electrons. The van der Waals surface area contributed by atoms with Crippen molar-refractivity contribution in [1.82, 2.24) is 5.32 Å². The van der Waals surface area contributed by atoms with Gasteiger partial charge in [-0.1, -0.05) is 187 Å². The lowest BCUT2D eigenvalue weighted by Crippen LogP contribution is -2.45. The first-order valence-corrected chi connectivity index (χ1v) is 21.9. The highest BCUT2D eigenvalue weighted by atomic mass is 16.5. The molecule has 296 valence electrons. The number of allylic oxidation sites excluding steroid dienone is 2. The average molecular weight is 708 g/mol. The molecule has 2 atom stereocenters. The number of esters is 1. The van der Waals surface area contributed by atoms with Gasteiger partial charge in [0.1, 0.15) is 0 Å². The van der Waals surface area contributed by atoms with Crippen LogP contribution in [0, 0.1) is 0 Å². The average Bonchev–Trinajstić information content (AvgIpc) is 3.11. The lowest BCUT2D eigenvalue weighted by Gasteiger charge is -2.22. The molecule has 0 aromatic heterocycles. The van der Waals surface area contributed by atoms with E-state index in [9.17, 15) is 19.8 Å². The van der Waals surface area contributed by atoms with E-state index in [2.05, 4.69) is 31.3 Å². The van der Waals surface area contributed by atoms with Crippen molar-refractivity contribution in [3.05, 3.63) is 12.2 Å². The summed E-state index contributed by atoms with van der Waals surface area (Å²) in [7, 11) is 0. The third kappa shape index (κ3) is 36.4. The Labute approximate surface area is 310 Å². The Bertz CT molecular complexity index is 742. The third-order valence-electron chi connectivity index (χ3n) is 10.1. The Kier molecular flexibility index (Phi) is 39.2. The molecule has 0 aliphatic carbocycles. The van der Waals surface area contributed by atoms with E-state index in [0.717, 1.165) is 70.6 Å². The number of carbonyl (C=O) groups is 2. The molecule has 0 aromatic carbocycles. The molecule has 50 heavy (non-hydrogen) atoms. The van der Waals surface area contributed by atoms with Crippen LogP contribution in [0.2, 0.25) is 0 Å². The molecule has 0 aromatic rings. The standard InChI is InChI=1S/C44H85NO5/c1-3-5-7-9-11-13-15-16-17-18-22-26-30-34-38-44(49)50-39-35-31-27-23-19-21-25-29-33-37-43(48)45-41(40-46)42(47)36-32-28-24-20-14-12-10-8-6-4-2/h21,25,41-42,46-47H,3-20,22-24,26-40H2,1-2H3,(H,45,48)/b25-21-.